The van der Waals surface area contributed by atoms with Gasteiger partial charge in [-0.2, -0.15) is 0 Å². The van der Waals surface area contributed by atoms with E-state index < -0.39 is 61.5 Å². The van der Waals surface area contributed by atoms with E-state index in [0.717, 1.165) is 44.9 Å². The van der Waals surface area contributed by atoms with Crippen LogP contribution in [0.2, 0.25) is 0 Å². The fourth-order valence-electron chi connectivity index (χ4n) is 6.57. The molecule has 0 aromatic rings. The van der Waals surface area contributed by atoms with E-state index in [0.29, 0.717) is 12.8 Å². The second-order valence-corrected chi connectivity index (χ2v) is 14.9. The van der Waals surface area contributed by atoms with Gasteiger partial charge in [0, 0.05) is 0 Å². The molecule has 0 aromatic heterocycles. The quantitative estimate of drug-likeness (QED) is 0.0274. The van der Waals surface area contributed by atoms with Gasteiger partial charge < -0.3 is 45.4 Å². The summed E-state index contributed by atoms with van der Waals surface area (Å²) in [5.41, 5.74) is 0. The first-order valence-corrected chi connectivity index (χ1v) is 21.2. The maximum atomic E-state index is 13.0. The summed E-state index contributed by atoms with van der Waals surface area (Å²) in [6, 6.07) is -0.982. The van der Waals surface area contributed by atoms with E-state index >= 15 is 0 Å². The highest BCUT2D eigenvalue weighted by molar-refractivity contribution is 5.80. The van der Waals surface area contributed by atoms with Crippen molar-refractivity contribution in [2.75, 3.05) is 13.2 Å². The molecule has 0 bridgehead atoms. The molecule has 0 spiro atoms. The maximum Gasteiger partial charge on any atom is 0.249 e. The van der Waals surface area contributed by atoms with Gasteiger partial charge in [-0.25, -0.2) is 0 Å². The van der Waals surface area contributed by atoms with E-state index in [1.165, 1.54) is 103 Å². The average molecular weight is 742 g/mol. The Labute approximate surface area is 316 Å². The number of carbonyl (C=O) groups is 1. The summed E-state index contributed by atoms with van der Waals surface area (Å²) in [7, 11) is 0. The van der Waals surface area contributed by atoms with E-state index in [9.17, 15) is 35.4 Å². The molecule has 7 N–H and O–H groups in total. The van der Waals surface area contributed by atoms with Gasteiger partial charge in [0.15, 0.2) is 6.29 Å². The van der Waals surface area contributed by atoms with Gasteiger partial charge in [-0.05, 0) is 44.9 Å². The van der Waals surface area contributed by atoms with E-state index in [1.54, 1.807) is 6.08 Å². The largest absolute Gasteiger partial charge is 0.394 e. The Hall–Kier alpha value is -1.37. The third-order valence-corrected chi connectivity index (χ3v) is 10.1. The van der Waals surface area contributed by atoms with Gasteiger partial charge in [-0.15, -0.1) is 0 Å². The molecule has 1 aliphatic rings. The van der Waals surface area contributed by atoms with Crippen molar-refractivity contribution in [3.63, 3.8) is 0 Å². The van der Waals surface area contributed by atoms with Crippen LogP contribution in [0.3, 0.4) is 0 Å². The molecule has 0 aromatic carbocycles. The molecule has 0 radical (unpaired) electrons. The Morgan fingerprint density at radius 3 is 1.62 bits per heavy atom. The van der Waals surface area contributed by atoms with Crippen molar-refractivity contribution in [2.45, 2.75) is 223 Å². The summed E-state index contributed by atoms with van der Waals surface area (Å²) in [6.45, 7) is 3.57. The fraction of sp³-hybridized carbons (Fsp3) is 0.881. The number of rotatable bonds is 34. The number of carbonyl (C=O) groups excluding carboxylic acids is 1. The summed E-state index contributed by atoms with van der Waals surface area (Å²) in [6.07, 6.45) is 26.9. The minimum atomic E-state index is -1.61. The molecular formula is C42H79NO9. The normalized spacial score (nSPS) is 22.7. The molecule has 0 unspecified atom stereocenters. The van der Waals surface area contributed by atoms with Gasteiger partial charge >= 0.3 is 0 Å². The number of unbranched alkanes of at least 4 members (excludes halogenated alkanes) is 21. The lowest BCUT2D eigenvalue weighted by atomic mass is 9.99. The molecule has 0 aliphatic carbocycles. The number of hydrogen-bond donors (Lipinski definition) is 7. The third kappa shape index (κ3) is 23.4. The Morgan fingerprint density at radius 2 is 1.12 bits per heavy atom. The predicted molar refractivity (Wildman–Crippen MR) is 209 cm³/mol. The van der Waals surface area contributed by atoms with Gasteiger partial charge in [0.25, 0.3) is 0 Å². The van der Waals surface area contributed by atoms with Gasteiger partial charge in [0.05, 0.1) is 25.4 Å². The Balaban J connectivity index is 2.49. The lowest BCUT2D eigenvalue weighted by Crippen LogP contribution is -2.60. The highest BCUT2D eigenvalue weighted by Gasteiger charge is 2.44. The van der Waals surface area contributed by atoms with Crippen molar-refractivity contribution in [2.24, 2.45) is 0 Å². The minimum Gasteiger partial charge on any atom is -0.394 e. The number of aliphatic hydroxyl groups is 6. The smallest absolute Gasteiger partial charge is 0.249 e. The molecule has 1 aliphatic heterocycles. The number of allylic oxidation sites excluding steroid dienone is 3. The predicted octanol–water partition coefficient (Wildman–Crippen LogP) is 6.91. The van der Waals surface area contributed by atoms with Crippen LogP contribution in [0.1, 0.15) is 174 Å². The molecular weight excluding hydrogens is 662 g/mol. The average Bonchev–Trinajstić information content (AvgIpc) is 3.14. The van der Waals surface area contributed by atoms with Crippen molar-refractivity contribution < 1.29 is 44.9 Å². The first kappa shape index (κ1) is 48.6. The lowest BCUT2D eigenvalue weighted by Gasteiger charge is -2.40. The first-order chi connectivity index (χ1) is 25.3. The summed E-state index contributed by atoms with van der Waals surface area (Å²) < 4.78 is 11.1. The van der Waals surface area contributed by atoms with Gasteiger partial charge in [0.1, 0.15) is 30.5 Å². The lowest BCUT2D eigenvalue weighted by molar-refractivity contribution is -0.302. The van der Waals surface area contributed by atoms with Crippen LogP contribution in [0.5, 0.6) is 0 Å². The number of ether oxygens (including phenoxy) is 2. The topological polar surface area (TPSA) is 169 Å². The van der Waals surface area contributed by atoms with Crippen LogP contribution in [0.4, 0.5) is 0 Å². The van der Waals surface area contributed by atoms with Gasteiger partial charge in [-0.1, -0.05) is 154 Å². The maximum absolute atomic E-state index is 13.0. The zero-order valence-electron chi connectivity index (χ0n) is 32.9. The Morgan fingerprint density at radius 1 is 0.654 bits per heavy atom. The second-order valence-electron chi connectivity index (χ2n) is 14.9. The molecule has 10 nitrogen and oxygen atoms in total. The van der Waals surface area contributed by atoms with E-state index in [1.807, 2.05) is 6.08 Å². The van der Waals surface area contributed by atoms with Gasteiger partial charge in [0.2, 0.25) is 5.91 Å². The molecule has 1 amide bonds. The van der Waals surface area contributed by atoms with Crippen LogP contribution in [-0.4, -0.2) is 98.7 Å². The van der Waals surface area contributed by atoms with Crippen LogP contribution < -0.4 is 5.32 Å². The highest BCUT2D eigenvalue weighted by atomic mass is 16.7. The molecule has 52 heavy (non-hydrogen) atoms. The zero-order valence-corrected chi connectivity index (χ0v) is 32.9. The Kier molecular flexibility index (Phi) is 30.9. The van der Waals surface area contributed by atoms with Crippen molar-refractivity contribution in [1.82, 2.24) is 5.32 Å². The van der Waals surface area contributed by atoms with Crippen molar-refractivity contribution >= 4 is 5.91 Å². The van der Waals surface area contributed by atoms with Crippen molar-refractivity contribution in [3.05, 3.63) is 24.3 Å². The molecule has 1 heterocycles. The van der Waals surface area contributed by atoms with E-state index in [-0.39, 0.29) is 6.61 Å². The van der Waals surface area contributed by atoms with Gasteiger partial charge in [-0.3, -0.25) is 4.79 Å². The SMILES string of the molecule is CCCCCCCCC/C=C/CCCCC[C@@H](O)C(=O)N[C@@H](CO[C@@H]1O[C@H](CO)[C@@H](O)[C@H](O)[C@H]1O)[C@H](O)/C=C/CCCCCCCCCCCCC. The second kappa shape index (κ2) is 33.0. The standard InChI is InChI=1S/C42H79NO9/c1-3-5-7-9-11-13-15-17-19-21-23-25-27-29-31-36(46)41(50)43-34(33-51-42-40(49)39(48)38(47)37(32-44)52-42)35(45)30-28-26-24-22-20-18-16-14-12-10-8-6-4-2/h19,21,28,30,34-40,42,44-49H,3-18,20,22-27,29,31-33H2,1-2H3,(H,43,50)/b21-19+,30-28+/t34-,35+,36+,37+,38+,39-,40+,42+/m0/s1. The summed E-state index contributed by atoms with van der Waals surface area (Å²) >= 11 is 0. The summed E-state index contributed by atoms with van der Waals surface area (Å²) in [5.74, 6) is -0.630. The van der Waals surface area contributed by atoms with E-state index in [4.69, 9.17) is 9.47 Å². The van der Waals surface area contributed by atoms with Crippen LogP contribution in [0.25, 0.3) is 0 Å². The molecule has 1 rings (SSSR count). The monoisotopic (exact) mass is 742 g/mol. The summed E-state index contributed by atoms with van der Waals surface area (Å²) in [4.78, 5) is 13.0. The Bertz CT molecular complexity index is 886. The fourth-order valence-corrected chi connectivity index (χ4v) is 6.57. The number of amides is 1. The van der Waals surface area contributed by atoms with E-state index in [2.05, 4.69) is 31.3 Å². The molecule has 0 saturated carbocycles. The first-order valence-electron chi connectivity index (χ1n) is 21.2. The highest BCUT2D eigenvalue weighted by Crippen LogP contribution is 2.22. The van der Waals surface area contributed by atoms with Crippen LogP contribution in [0, 0.1) is 0 Å². The number of aliphatic hydroxyl groups excluding tert-OH is 6. The minimum absolute atomic E-state index is 0.290. The molecule has 1 fully saturated rings. The van der Waals surface area contributed by atoms with Crippen molar-refractivity contribution in [1.29, 1.82) is 0 Å². The number of nitrogens with one attached hydrogen (secondary N) is 1. The molecule has 1 saturated heterocycles. The van der Waals surface area contributed by atoms with Crippen molar-refractivity contribution in [3.8, 4) is 0 Å². The van der Waals surface area contributed by atoms with Crippen LogP contribution in [0.15, 0.2) is 24.3 Å². The molecule has 8 atom stereocenters. The van der Waals surface area contributed by atoms with Crippen LogP contribution >= 0.6 is 0 Å². The number of hydrogen-bond acceptors (Lipinski definition) is 9. The zero-order chi connectivity index (χ0) is 38.2. The molecule has 10 heteroatoms. The third-order valence-electron chi connectivity index (χ3n) is 10.1. The summed E-state index contributed by atoms with van der Waals surface area (Å²) in [5, 5.41) is 64.4. The molecule has 306 valence electrons. The van der Waals surface area contributed by atoms with Crippen LogP contribution in [-0.2, 0) is 14.3 Å².